The zero-order valence-electron chi connectivity index (χ0n) is 24.6. The Labute approximate surface area is 247 Å². The molecule has 0 saturated carbocycles. The molecule has 3 amide bonds. The topological polar surface area (TPSA) is 91.0 Å². The van der Waals surface area contributed by atoms with E-state index in [0.717, 1.165) is 60.6 Å². The van der Waals surface area contributed by atoms with Gasteiger partial charge >= 0.3 is 0 Å². The number of halogens is 1. The van der Waals surface area contributed by atoms with Gasteiger partial charge in [0.1, 0.15) is 18.0 Å². The second kappa shape index (κ2) is 12.7. The van der Waals surface area contributed by atoms with Crippen LogP contribution in [0, 0.1) is 0 Å². The maximum absolute atomic E-state index is 13.2. The number of carbonyl (C=O) groups excluding carboxylic acids is 3. The van der Waals surface area contributed by atoms with E-state index in [9.17, 15) is 18.8 Å². The third kappa shape index (κ3) is 6.07. The number of ether oxygens (including phenoxy) is 1. The lowest BCUT2D eigenvalue weighted by atomic mass is 9.74. The number of likely N-dealkylation sites (tertiary alicyclic amines) is 1. The van der Waals surface area contributed by atoms with Gasteiger partial charge in [-0.1, -0.05) is 39.0 Å². The van der Waals surface area contributed by atoms with Crippen molar-refractivity contribution in [3.8, 4) is 5.75 Å². The van der Waals surface area contributed by atoms with E-state index in [2.05, 4.69) is 36.0 Å². The zero-order chi connectivity index (χ0) is 29.9. The summed E-state index contributed by atoms with van der Waals surface area (Å²) in [4.78, 5) is 41.1. The summed E-state index contributed by atoms with van der Waals surface area (Å²) >= 11 is 0. The maximum Gasteiger partial charge on any atom is 0.255 e. The summed E-state index contributed by atoms with van der Waals surface area (Å²) < 4.78 is 19.5. The fourth-order valence-corrected chi connectivity index (χ4v) is 6.33. The summed E-state index contributed by atoms with van der Waals surface area (Å²) in [6.45, 7) is 11.9. The van der Waals surface area contributed by atoms with Gasteiger partial charge < -0.3 is 15.0 Å². The first kappa shape index (κ1) is 29.8. The van der Waals surface area contributed by atoms with Crippen LogP contribution in [-0.4, -0.2) is 66.0 Å². The Bertz CT molecular complexity index is 1340. The Morgan fingerprint density at radius 3 is 2.69 bits per heavy atom. The summed E-state index contributed by atoms with van der Waals surface area (Å²) in [6.07, 6.45) is 12.2. The number of benzene rings is 1. The van der Waals surface area contributed by atoms with E-state index >= 15 is 0 Å². The number of imide groups is 1. The van der Waals surface area contributed by atoms with Crippen LogP contribution >= 0.6 is 0 Å². The van der Waals surface area contributed by atoms with Crippen molar-refractivity contribution in [2.45, 2.75) is 76.5 Å². The molecule has 2 saturated heterocycles. The van der Waals surface area contributed by atoms with Crippen LogP contribution in [-0.2, 0) is 21.5 Å². The summed E-state index contributed by atoms with van der Waals surface area (Å²) in [6, 6.07) is 3.29. The van der Waals surface area contributed by atoms with E-state index in [-0.39, 0.29) is 23.7 Å². The van der Waals surface area contributed by atoms with Crippen LogP contribution in [0.3, 0.4) is 0 Å². The van der Waals surface area contributed by atoms with Gasteiger partial charge in [0, 0.05) is 53.4 Å². The van der Waals surface area contributed by atoms with Crippen molar-refractivity contribution in [1.29, 1.82) is 0 Å². The minimum Gasteiger partial charge on any atom is -0.492 e. The molecule has 0 bridgehead atoms. The van der Waals surface area contributed by atoms with Crippen molar-refractivity contribution in [3.05, 3.63) is 77.2 Å². The van der Waals surface area contributed by atoms with E-state index in [1.165, 1.54) is 6.42 Å². The standard InChI is InChI=1S/C30H33FN4O4.C3H8/c1-19(10-13-32-21-4-2-20(31)3-5-21)16-34-14-11-30(12-15-34)18-39-27-23-17-35(25-8-9-26(36)33-28(25)37)29(38)22(23)6-7-24(27)30;1-3-2/h2,4-7,10,13,20,25,32H,1,3,8-9,11-12,14-18H2,(H,33,36,37);3H2,1-2H3/b13-10-;. The van der Waals surface area contributed by atoms with E-state index in [1.54, 1.807) is 17.1 Å². The quantitative estimate of drug-likeness (QED) is 0.385. The largest absolute Gasteiger partial charge is 0.492 e. The first-order chi connectivity index (χ1) is 20.2. The molecule has 0 aromatic heterocycles. The number of hydrogen-bond donors (Lipinski definition) is 2. The third-order valence-electron chi connectivity index (χ3n) is 8.59. The zero-order valence-corrected chi connectivity index (χ0v) is 24.6. The number of piperidine rings is 2. The fourth-order valence-electron chi connectivity index (χ4n) is 6.33. The lowest BCUT2D eigenvalue weighted by Crippen LogP contribution is -2.52. The Kier molecular flexibility index (Phi) is 8.96. The van der Waals surface area contributed by atoms with Gasteiger partial charge in [-0.15, -0.1) is 0 Å². The van der Waals surface area contributed by atoms with E-state index in [1.807, 2.05) is 30.5 Å². The monoisotopic (exact) mass is 576 g/mol. The first-order valence-electron chi connectivity index (χ1n) is 15.0. The van der Waals surface area contributed by atoms with Crippen molar-refractivity contribution in [3.63, 3.8) is 0 Å². The maximum atomic E-state index is 13.2. The highest BCUT2D eigenvalue weighted by molar-refractivity contribution is 6.05. The lowest BCUT2D eigenvalue weighted by molar-refractivity contribution is -0.136. The summed E-state index contributed by atoms with van der Waals surface area (Å²) in [5, 5.41) is 5.54. The van der Waals surface area contributed by atoms with Crippen molar-refractivity contribution in [2.75, 3.05) is 26.2 Å². The minimum atomic E-state index is -0.898. The number of alkyl halides is 1. The minimum absolute atomic E-state index is 0.0846. The molecule has 2 N–H and O–H groups in total. The van der Waals surface area contributed by atoms with Gasteiger partial charge in [-0.3, -0.25) is 24.6 Å². The molecular weight excluding hydrogens is 535 g/mol. The van der Waals surface area contributed by atoms with Gasteiger partial charge in [0.25, 0.3) is 5.91 Å². The SMILES string of the molecule is C=C(/C=C\NC1=CCC(F)C=C1)CN1CCC2(CC1)COc1c2ccc2c1CN(C1CCC(=O)NC1=O)C2=O.CCC. The Morgan fingerprint density at radius 1 is 1.24 bits per heavy atom. The molecule has 4 aliphatic heterocycles. The Balaban J connectivity index is 0.00000113. The molecule has 4 heterocycles. The normalized spacial score (nSPS) is 24.5. The van der Waals surface area contributed by atoms with Gasteiger partial charge in [-0.2, -0.15) is 0 Å². The van der Waals surface area contributed by atoms with Crippen molar-refractivity contribution < 1.29 is 23.5 Å². The van der Waals surface area contributed by atoms with Crippen LogP contribution in [0.25, 0.3) is 0 Å². The molecule has 1 aromatic rings. The third-order valence-corrected chi connectivity index (χ3v) is 8.59. The Hall–Kier alpha value is -3.72. The number of rotatable bonds is 6. The van der Waals surface area contributed by atoms with Gasteiger partial charge in [-0.05, 0) is 62.2 Å². The predicted molar refractivity (Wildman–Crippen MR) is 159 cm³/mol. The van der Waals surface area contributed by atoms with Crippen molar-refractivity contribution >= 4 is 17.7 Å². The molecule has 5 aliphatic rings. The molecule has 42 heavy (non-hydrogen) atoms. The smallest absolute Gasteiger partial charge is 0.255 e. The number of hydrogen-bond acceptors (Lipinski definition) is 6. The van der Waals surface area contributed by atoms with Crippen molar-refractivity contribution in [1.82, 2.24) is 20.4 Å². The summed E-state index contributed by atoms with van der Waals surface area (Å²) in [5.74, 6) is -0.0715. The van der Waals surface area contributed by atoms with E-state index in [4.69, 9.17) is 4.74 Å². The van der Waals surface area contributed by atoms with Gasteiger partial charge in [0.15, 0.2) is 0 Å². The second-order valence-electron chi connectivity index (χ2n) is 11.8. The number of allylic oxidation sites excluding steroid dienone is 3. The molecule has 224 valence electrons. The highest BCUT2D eigenvalue weighted by Gasteiger charge is 2.47. The first-order valence-corrected chi connectivity index (χ1v) is 15.0. The number of amides is 3. The van der Waals surface area contributed by atoms with Gasteiger partial charge in [0.05, 0.1) is 13.2 Å². The van der Waals surface area contributed by atoms with Crippen LogP contribution < -0.4 is 15.4 Å². The molecule has 1 aromatic carbocycles. The molecular formula is C33H41FN4O4. The highest BCUT2D eigenvalue weighted by atomic mass is 19.1. The highest BCUT2D eigenvalue weighted by Crippen LogP contribution is 2.49. The van der Waals surface area contributed by atoms with E-state index in [0.29, 0.717) is 31.6 Å². The van der Waals surface area contributed by atoms with E-state index < -0.39 is 18.1 Å². The average Bonchev–Trinajstić information content (AvgIpc) is 3.49. The number of fused-ring (bicyclic) bond motifs is 4. The molecule has 0 radical (unpaired) electrons. The average molecular weight is 577 g/mol. The molecule has 2 fully saturated rings. The molecule has 6 rings (SSSR count). The van der Waals surface area contributed by atoms with Crippen LogP contribution in [0.5, 0.6) is 5.75 Å². The number of nitrogens with zero attached hydrogens (tertiary/aromatic N) is 2. The second-order valence-corrected chi connectivity index (χ2v) is 11.8. The van der Waals surface area contributed by atoms with Crippen molar-refractivity contribution in [2.24, 2.45) is 0 Å². The molecule has 1 spiro atoms. The molecule has 2 atom stereocenters. The summed E-state index contributed by atoms with van der Waals surface area (Å²) in [7, 11) is 0. The molecule has 1 aliphatic carbocycles. The van der Waals surface area contributed by atoms with Crippen LogP contribution in [0.15, 0.2) is 60.5 Å². The van der Waals surface area contributed by atoms with Crippen LogP contribution in [0.2, 0.25) is 0 Å². The Morgan fingerprint density at radius 2 is 2.00 bits per heavy atom. The van der Waals surface area contributed by atoms with Crippen LogP contribution in [0.4, 0.5) is 4.39 Å². The van der Waals surface area contributed by atoms with Gasteiger partial charge in [0.2, 0.25) is 11.8 Å². The molecule has 9 heteroatoms. The van der Waals surface area contributed by atoms with Crippen LogP contribution in [0.1, 0.15) is 73.9 Å². The van der Waals surface area contributed by atoms with Gasteiger partial charge in [-0.25, -0.2) is 4.39 Å². The fraction of sp³-hybridized carbons (Fsp3) is 0.485. The lowest BCUT2D eigenvalue weighted by Gasteiger charge is -2.38. The molecule has 8 nitrogen and oxygen atoms in total. The number of nitrogens with one attached hydrogen (secondary N) is 2. The number of carbonyl (C=O) groups is 3. The molecule has 2 unspecified atom stereocenters. The predicted octanol–water partition coefficient (Wildman–Crippen LogP) is 4.43. The summed E-state index contributed by atoms with van der Waals surface area (Å²) in [5.41, 5.74) is 4.41.